The third kappa shape index (κ3) is 15.6. The lowest BCUT2D eigenvalue weighted by atomic mass is 10.2. The number of allylic oxidation sites excluding steroid dienone is 7. The molecule has 0 aliphatic carbocycles. The molecule has 1 aliphatic heterocycles. The first-order valence-electron chi connectivity index (χ1n) is 12.2. The van der Waals surface area contributed by atoms with E-state index in [4.69, 9.17) is 9.47 Å². The second kappa shape index (κ2) is 18.2. The lowest BCUT2D eigenvalue weighted by Gasteiger charge is -2.30. The van der Waals surface area contributed by atoms with Gasteiger partial charge >= 0.3 is 11.9 Å². The Hall–Kier alpha value is -2.19. The van der Waals surface area contributed by atoms with Gasteiger partial charge < -0.3 is 9.47 Å². The van der Waals surface area contributed by atoms with Crippen LogP contribution in [0.2, 0.25) is 0 Å². The highest BCUT2D eigenvalue weighted by atomic mass is 32.2. The Morgan fingerprint density at radius 1 is 0.853 bits per heavy atom. The van der Waals surface area contributed by atoms with E-state index in [1.807, 2.05) is 29.2 Å². The van der Waals surface area contributed by atoms with Crippen LogP contribution in [0, 0.1) is 0 Å². The Kier molecular flexibility index (Phi) is 16.0. The van der Waals surface area contributed by atoms with E-state index in [0.29, 0.717) is 26.1 Å². The molecule has 1 fully saturated rings. The number of hydrogen-bond donors (Lipinski definition) is 0. The van der Waals surface area contributed by atoms with Crippen molar-refractivity contribution in [1.29, 1.82) is 0 Å². The molecule has 34 heavy (non-hydrogen) atoms. The summed E-state index contributed by atoms with van der Waals surface area (Å²) in [7, 11) is -3.00. The van der Waals surface area contributed by atoms with E-state index in [9.17, 15) is 18.0 Å². The van der Waals surface area contributed by atoms with Crippen LogP contribution in [0.4, 0.5) is 0 Å². The number of esters is 2. The van der Waals surface area contributed by atoms with Gasteiger partial charge in [-0.1, -0.05) is 62.5 Å². The van der Waals surface area contributed by atoms with Gasteiger partial charge in [-0.3, -0.25) is 14.5 Å². The van der Waals surface area contributed by atoms with Gasteiger partial charge in [-0.25, -0.2) is 8.42 Å². The molecule has 1 aliphatic rings. The fourth-order valence-corrected chi connectivity index (χ4v) is 4.49. The molecule has 0 N–H and O–H groups in total. The van der Waals surface area contributed by atoms with Crippen LogP contribution >= 0.6 is 0 Å². The van der Waals surface area contributed by atoms with Crippen LogP contribution in [0.1, 0.15) is 58.8 Å². The molecule has 1 atom stereocenters. The van der Waals surface area contributed by atoms with Crippen molar-refractivity contribution >= 4 is 21.8 Å². The van der Waals surface area contributed by atoms with Gasteiger partial charge in [-0.2, -0.15) is 0 Å². The average Bonchev–Trinajstić information content (AvgIpc) is 2.80. The Bertz CT molecular complexity index is 799. The molecule has 1 saturated heterocycles. The van der Waals surface area contributed by atoms with Gasteiger partial charge in [-0.05, 0) is 32.1 Å². The number of hydrogen-bond acceptors (Lipinski definition) is 7. The number of carbonyl (C=O) groups excluding carboxylic acids is 2. The molecule has 0 radical (unpaired) electrons. The molecular formula is C26H41NO6S. The van der Waals surface area contributed by atoms with Gasteiger partial charge in [0.05, 0.1) is 17.9 Å². The number of sulfone groups is 1. The van der Waals surface area contributed by atoms with Gasteiger partial charge in [0.15, 0.2) is 9.84 Å². The largest absolute Gasteiger partial charge is 0.461 e. The maximum Gasteiger partial charge on any atom is 0.309 e. The second-order valence-electron chi connectivity index (χ2n) is 8.16. The van der Waals surface area contributed by atoms with Gasteiger partial charge in [0.2, 0.25) is 0 Å². The zero-order chi connectivity index (χ0) is 25.1. The van der Waals surface area contributed by atoms with E-state index in [-0.39, 0.29) is 42.9 Å². The monoisotopic (exact) mass is 495 g/mol. The smallest absolute Gasteiger partial charge is 0.309 e. The summed E-state index contributed by atoms with van der Waals surface area (Å²) in [5.74, 6) is -0.577. The minimum absolute atomic E-state index is 0.0466. The first-order valence-corrected chi connectivity index (χ1v) is 14.1. The minimum Gasteiger partial charge on any atom is -0.461 e. The maximum absolute atomic E-state index is 12.3. The fourth-order valence-electron chi connectivity index (χ4n) is 3.21. The highest BCUT2D eigenvalue weighted by molar-refractivity contribution is 7.91. The Morgan fingerprint density at radius 2 is 1.44 bits per heavy atom. The van der Waals surface area contributed by atoms with Gasteiger partial charge in [0, 0.05) is 26.1 Å². The van der Waals surface area contributed by atoms with E-state index in [2.05, 4.69) is 32.1 Å². The number of ether oxygens (including phenoxy) is 2. The van der Waals surface area contributed by atoms with Crippen molar-refractivity contribution in [1.82, 2.24) is 4.90 Å². The quantitative estimate of drug-likeness (QED) is 0.234. The zero-order valence-corrected chi connectivity index (χ0v) is 21.5. The average molecular weight is 496 g/mol. The summed E-state index contributed by atoms with van der Waals surface area (Å²) in [4.78, 5) is 26.3. The van der Waals surface area contributed by atoms with Gasteiger partial charge in [-0.15, -0.1) is 0 Å². The van der Waals surface area contributed by atoms with Gasteiger partial charge in [0.1, 0.15) is 12.7 Å². The molecule has 1 heterocycles. The van der Waals surface area contributed by atoms with E-state index < -0.39 is 15.9 Å². The lowest BCUT2D eigenvalue weighted by Crippen LogP contribution is -2.46. The summed E-state index contributed by atoms with van der Waals surface area (Å²) in [6.45, 7) is 5.19. The molecule has 0 aromatic rings. The first-order chi connectivity index (χ1) is 16.4. The zero-order valence-electron chi connectivity index (χ0n) is 20.7. The van der Waals surface area contributed by atoms with Crippen LogP contribution in [0.5, 0.6) is 0 Å². The second-order valence-corrected chi connectivity index (χ2v) is 10.5. The van der Waals surface area contributed by atoms with E-state index >= 15 is 0 Å². The lowest BCUT2D eigenvalue weighted by molar-refractivity contribution is -0.159. The predicted molar refractivity (Wildman–Crippen MR) is 136 cm³/mol. The fraction of sp³-hybridized carbons (Fsp3) is 0.615. The molecule has 1 unspecified atom stereocenters. The van der Waals surface area contributed by atoms with Crippen molar-refractivity contribution in [2.24, 2.45) is 0 Å². The molecule has 7 nitrogen and oxygen atoms in total. The molecular weight excluding hydrogens is 454 g/mol. The van der Waals surface area contributed by atoms with Crippen molar-refractivity contribution in [3.05, 3.63) is 48.6 Å². The summed E-state index contributed by atoms with van der Waals surface area (Å²) in [6, 6.07) is 0. The van der Waals surface area contributed by atoms with E-state index in [0.717, 1.165) is 25.7 Å². The predicted octanol–water partition coefficient (Wildman–Crippen LogP) is 4.17. The summed E-state index contributed by atoms with van der Waals surface area (Å²) in [5, 5.41) is 0. The summed E-state index contributed by atoms with van der Waals surface area (Å²) < 4.78 is 34.3. The Labute approximate surface area is 205 Å². The van der Waals surface area contributed by atoms with Crippen LogP contribution in [0.25, 0.3) is 0 Å². The molecule has 0 aromatic carbocycles. The Morgan fingerprint density at radius 3 is 2.06 bits per heavy atom. The molecule has 1 rings (SSSR count). The number of nitrogens with zero attached hydrogens (tertiary/aromatic N) is 1. The highest BCUT2D eigenvalue weighted by Gasteiger charge is 2.26. The molecule has 8 heteroatoms. The van der Waals surface area contributed by atoms with Crippen molar-refractivity contribution in [2.75, 3.05) is 37.7 Å². The normalized spacial score (nSPS) is 17.7. The SMILES string of the molecule is CC/C=C\C/C=C\CCC(=O)OC(COC(=O)C/C=C\C/C=C\CC)CN1CCS(=O)(=O)CC1. The highest BCUT2D eigenvalue weighted by Crippen LogP contribution is 2.09. The first kappa shape index (κ1) is 29.8. The number of rotatable bonds is 16. The van der Waals surface area contributed by atoms with Crippen LogP contribution in [0.3, 0.4) is 0 Å². The molecule has 0 spiro atoms. The molecule has 0 aromatic heterocycles. The molecule has 192 valence electrons. The van der Waals surface area contributed by atoms with Crippen molar-refractivity contribution in [2.45, 2.75) is 64.9 Å². The summed E-state index contributed by atoms with van der Waals surface area (Å²) in [6.07, 6.45) is 19.8. The van der Waals surface area contributed by atoms with E-state index in [1.165, 1.54) is 0 Å². The van der Waals surface area contributed by atoms with Gasteiger partial charge in [0.25, 0.3) is 0 Å². The van der Waals surface area contributed by atoms with E-state index in [1.54, 1.807) is 6.08 Å². The van der Waals surface area contributed by atoms with Crippen LogP contribution in [-0.4, -0.2) is 69.1 Å². The third-order valence-corrected chi connectivity index (χ3v) is 6.72. The standard InChI is InChI=1S/C26H41NO6S/c1-3-5-7-9-11-13-15-17-26(29)33-24(22-27-18-20-34(30,31)21-19-27)23-32-25(28)16-14-12-10-8-6-4-2/h5-8,11-14,24H,3-4,9-10,15-23H2,1-2H3/b7-5-,8-6-,13-11-,14-12-. The molecule has 0 saturated carbocycles. The van der Waals surface area contributed by atoms with Crippen LogP contribution < -0.4 is 0 Å². The molecule has 0 bridgehead atoms. The van der Waals surface area contributed by atoms with Crippen molar-refractivity contribution < 1.29 is 27.5 Å². The summed E-state index contributed by atoms with van der Waals surface area (Å²) >= 11 is 0. The minimum atomic E-state index is -3.00. The summed E-state index contributed by atoms with van der Waals surface area (Å²) in [5.41, 5.74) is 0. The Balaban J connectivity index is 2.52. The van der Waals surface area contributed by atoms with Crippen molar-refractivity contribution in [3.8, 4) is 0 Å². The van der Waals surface area contributed by atoms with Crippen LogP contribution in [-0.2, 0) is 28.9 Å². The van der Waals surface area contributed by atoms with Crippen molar-refractivity contribution in [3.63, 3.8) is 0 Å². The maximum atomic E-state index is 12.3. The topological polar surface area (TPSA) is 90.0 Å². The number of carbonyl (C=O) groups is 2. The van der Waals surface area contributed by atoms with Crippen LogP contribution in [0.15, 0.2) is 48.6 Å². The molecule has 0 amide bonds. The third-order valence-electron chi connectivity index (χ3n) is 5.11.